The zero-order chi connectivity index (χ0) is 44.3. The number of allylic oxidation sites excluding steroid dienone is 2. The van der Waals surface area contributed by atoms with Gasteiger partial charge in [0.1, 0.15) is 13.2 Å². The Morgan fingerprint density at radius 3 is 1.28 bits per heavy atom. The van der Waals surface area contributed by atoms with E-state index < -0.39 is 20.0 Å². The first-order chi connectivity index (χ1) is 29.0. The second-order valence-corrected chi connectivity index (χ2v) is 20.7. The number of carbonyl (C=O) groups excluding carboxylic acids is 1. The molecule has 1 amide bonds. The number of nitrogens with zero attached hydrogens (tertiary/aromatic N) is 1. The highest BCUT2D eigenvalue weighted by Crippen LogP contribution is 2.43. The van der Waals surface area contributed by atoms with E-state index >= 15 is 0 Å². The Morgan fingerprint density at radius 1 is 0.550 bits per heavy atom. The van der Waals surface area contributed by atoms with Crippen molar-refractivity contribution in [2.45, 2.75) is 270 Å². The molecule has 0 saturated heterocycles. The number of rotatable bonds is 48. The third-order valence-electron chi connectivity index (χ3n) is 12.0. The second-order valence-electron chi connectivity index (χ2n) is 19.3. The van der Waals surface area contributed by atoms with Crippen molar-refractivity contribution in [2.75, 3.05) is 40.9 Å². The predicted octanol–water partition coefficient (Wildman–Crippen LogP) is 15.1. The average molecular weight is 872 g/mol. The first kappa shape index (κ1) is 59.2. The van der Waals surface area contributed by atoms with Crippen LogP contribution in [0.5, 0.6) is 0 Å². The molecule has 60 heavy (non-hydrogen) atoms. The second kappa shape index (κ2) is 43.5. The Hall–Kier alpha value is -0.760. The summed E-state index contributed by atoms with van der Waals surface area (Å²) in [5, 5.41) is 14.0. The van der Waals surface area contributed by atoms with Crippen LogP contribution in [0.4, 0.5) is 0 Å². The topological polar surface area (TPSA) is 105 Å². The Balaban J connectivity index is 4.22. The van der Waals surface area contributed by atoms with Gasteiger partial charge in [0.2, 0.25) is 5.91 Å². The van der Waals surface area contributed by atoms with E-state index in [0.717, 1.165) is 44.9 Å². The summed E-state index contributed by atoms with van der Waals surface area (Å²) >= 11 is 0. The maximum atomic E-state index is 12.9. The quantitative estimate of drug-likeness (QED) is 0.0243. The molecule has 0 fully saturated rings. The number of aliphatic hydroxyl groups is 1. The molecule has 0 rings (SSSR count). The first-order valence-electron chi connectivity index (χ1n) is 26.1. The zero-order valence-electron chi connectivity index (χ0n) is 40.7. The van der Waals surface area contributed by atoms with Gasteiger partial charge in [-0.05, 0) is 38.5 Å². The van der Waals surface area contributed by atoms with Crippen molar-refractivity contribution in [2.24, 2.45) is 0 Å². The minimum absolute atomic E-state index is 0.0725. The largest absolute Gasteiger partial charge is 0.472 e. The van der Waals surface area contributed by atoms with Crippen LogP contribution in [0.2, 0.25) is 0 Å². The van der Waals surface area contributed by atoms with Crippen LogP contribution in [0, 0.1) is 0 Å². The molecule has 0 aliphatic rings. The third kappa shape index (κ3) is 45.3. The molecule has 3 atom stereocenters. The molecule has 0 spiro atoms. The van der Waals surface area contributed by atoms with Crippen molar-refractivity contribution in [3.8, 4) is 0 Å². The normalized spacial score (nSPS) is 14.2. The van der Waals surface area contributed by atoms with E-state index in [4.69, 9.17) is 9.05 Å². The number of phosphoric acid groups is 1. The number of hydrogen-bond donors (Lipinski definition) is 3. The third-order valence-corrected chi connectivity index (χ3v) is 13.0. The van der Waals surface area contributed by atoms with Gasteiger partial charge in [0.15, 0.2) is 0 Å². The van der Waals surface area contributed by atoms with Crippen molar-refractivity contribution in [3.63, 3.8) is 0 Å². The summed E-state index contributed by atoms with van der Waals surface area (Å²) in [6.45, 7) is 4.90. The molecule has 8 nitrogen and oxygen atoms in total. The Morgan fingerprint density at radius 2 is 0.900 bits per heavy atom. The minimum atomic E-state index is -4.32. The number of quaternary nitrogens is 1. The highest BCUT2D eigenvalue weighted by atomic mass is 31.2. The molecular weight excluding hydrogens is 768 g/mol. The average Bonchev–Trinajstić information content (AvgIpc) is 3.20. The molecule has 0 aromatic carbocycles. The van der Waals surface area contributed by atoms with Crippen LogP contribution in [0.3, 0.4) is 0 Å². The summed E-state index contributed by atoms with van der Waals surface area (Å²) in [6.07, 6.45) is 51.1. The number of amides is 1. The molecule has 0 aliphatic carbocycles. The van der Waals surface area contributed by atoms with E-state index in [1.54, 1.807) is 0 Å². The summed E-state index contributed by atoms with van der Waals surface area (Å²) in [7, 11) is 1.61. The predicted molar refractivity (Wildman–Crippen MR) is 259 cm³/mol. The number of aliphatic hydroxyl groups excluding tert-OH is 1. The molecule has 0 heterocycles. The Kier molecular flexibility index (Phi) is 42.9. The summed E-state index contributed by atoms with van der Waals surface area (Å²) in [5.41, 5.74) is 0. The highest BCUT2D eigenvalue weighted by Gasteiger charge is 2.28. The Bertz CT molecular complexity index is 989. The lowest BCUT2D eigenvalue weighted by atomic mass is 10.0. The fraction of sp³-hybridized carbons (Fsp3) is 0.941. The SMILES string of the molecule is CCCCCCCCCCCC/C=C/CCCC[C@@H](O)[C@H](COP(=O)(O)OCC[N+](C)(C)C)NC(=O)CCCCCCCCCCCCCCCCCCCCCCCC. The van der Waals surface area contributed by atoms with Gasteiger partial charge in [0.05, 0.1) is 39.9 Å². The summed E-state index contributed by atoms with van der Waals surface area (Å²) in [5.74, 6) is -0.149. The van der Waals surface area contributed by atoms with Gasteiger partial charge in [-0.3, -0.25) is 13.8 Å². The molecule has 0 bridgehead atoms. The van der Waals surface area contributed by atoms with E-state index in [2.05, 4.69) is 31.3 Å². The zero-order valence-corrected chi connectivity index (χ0v) is 41.6. The number of phosphoric ester groups is 1. The number of likely N-dealkylation sites (N-methyl/N-ethyl adjacent to an activating group) is 1. The lowest BCUT2D eigenvalue weighted by Gasteiger charge is -2.26. The lowest BCUT2D eigenvalue weighted by Crippen LogP contribution is -2.46. The molecule has 1 unspecified atom stereocenters. The van der Waals surface area contributed by atoms with Crippen LogP contribution in [0.25, 0.3) is 0 Å². The van der Waals surface area contributed by atoms with E-state index in [-0.39, 0.29) is 19.1 Å². The molecule has 0 saturated carbocycles. The van der Waals surface area contributed by atoms with Crippen molar-refractivity contribution < 1.29 is 32.9 Å². The van der Waals surface area contributed by atoms with Crippen LogP contribution in [0.15, 0.2) is 12.2 Å². The molecule has 3 N–H and O–H groups in total. The molecule has 0 aromatic rings. The number of nitrogens with one attached hydrogen (secondary N) is 1. The summed E-state index contributed by atoms with van der Waals surface area (Å²) in [4.78, 5) is 23.2. The van der Waals surface area contributed by atoms with Gasteiger partial charge in [0, 0.05) is 6.42 Å². The fourth-order valence-electron chi connectivity index (χ4n) is 7.87. The summed E-state index contributed by atoms with van der Waals surface area (Å²) < 4.78 is 23.7. The van der Waals surface area contributed by atoms with Crippen molar-refractivity contribution in [3.05, 3.63) is 12.2 Å². The van der Waals surface area contributed by atoms with Gasteiger partial charge in [-0.1, -0.05) is 225 Å². The monoisotopic (exact) mass is 872 g/mol. The van der Waals surface area contributed by atoms with Crippen LogP contribution < -0.4 is 5.32 Å². The molecule has 9 heteroatoms. The highest BCUT2D eigenvalue weighted by molar-refractivity contribution is 7.47. The van der Waals surface area contributed by atoms with Gasteiger partial charge in [0.25, 0.3) is 0 Å². The van der Waals surface area contributed by atoms with Gasteiger partial charge in [-0.15, -0.1) is 0 Å². The van der Waals surface area contributed by atoms with Gasteiger partial charge in [-0.25, -0.2) is 4.57 Å². The minimum Gasteiger partial charge on any atom is -0.391 e. The van der Waals surface area contributed by atoms with E-state index in [1.807, 2.05) is 21.1 Å². The maximum absolute atomic E-state index is 12.9. The van der Waals surface area contributed by atoms with Gasteiger partial charge >= 0.3 is 7.82 Å². The standard InChI is InChI=1S/C51H103N2O6P/c1-6-8-10-12-14-16-18-20-22-24-25-26-27-28-29-31-33-35-37-39-41-43-45-51(55)52-49(48-59-60(56,57)58-47-46-53(3,4)5)50(54)44-42-40-38-36-34-32-30-23-21-19-17-15-13-11-9-7-2/h34,36,49-50,54H,6-33,35,37-48H2,1-5H3,(H-,52,55,56,57)/p+1/b36-34+/t49-,50+/m0/s1. The van der Waals surface area contributed by atoms with Crippen molar-refractivity contribution >= 4 is 13.7 Å². The number of hydrogen-bond acceptors (Lipinski definition) is 5. The van der Waals surface area contributed by atoms with Crippen LogP contribution in [-0.2, 0) is 18.4 Å². The van der Waals surface area contributed by atoms with Gasteiger partial charge in [-0.2, -0.15) is 0 Å². The smallest absolute Gasteiger partial charge is 0.391 e. The molecule has 0 radical (unpaired) electrons. The molecule has 358 valence electrons. The lowest BCUT2D eigenvalue weighted by molar-refractivity contribution is -0.870. The van der Waals surface area contributed by atoms with E-state index in [1.165, 1.54) is 186 Å². The van der Waals surface area contributed by atoms with Gasteiger partial charge < -0.3 is 19.8 Å². The van der Waals surface area contributed by atoms with Crippen molar-refractivity contribution in [1.82, 2.24) is 5.32 Å². The van der Waals surface area contributed by atoms with Crippen LogP contribution in [-0.4, -0.2) is 73.4 Å². The molecule has 0 aromatic heterocycles. The van der Waals surface area contributed by atoms with Crippen LogP contribution >= 0.6 is 7.82 Å². The summed E-state index contributed by atoms with van der Waals surface area (Å²) in [6, 6.07) is -0.772. The molecule has 0 aliphatic heterocycles. The van der Waals surface area contributed by atoms with E-state index in [0.29, 0.717) is 23.9 Å². The molecular formula is C51H104N2O6P+. The van der Waals surface area contributed by atoms with E-state index in [9.17, 15) is 19.4 Å². The number of unbranched alkanes of at least 4 members (excludes halogenated alkanes) is 33. The van der Waals surface area contributed by atoms with Crippen LogP contribution in [0.1, 0.15) is 258 Å². The number of carbonyl (C=O) groups is 1. The fourth-order valence-corrected chi connectivity index (χ4v) is 8.60. The maximum Gasteiger partial charge on any atom is 0.472 e. The Labute approximate surface area is 373 Å². The first-order valence-corrected chi connectivity index (χ1v) is 27.5. The van der Waals surface area contributed by atoms with Crippen molar-refractivity contribution in [1.29, 1.82) is 0 Å².